The number of benzene rings is 2. The molecule has 0 aliphatic carbocycles. The maximum absolute atomic E-state index is 11.1. The quantitative estimate of drug-likeness (QED) is 0.783. The van der Waals surface area contributed by atoms with Crippen LogP contribution in [0.4, 0.5) is 0 Å². The van der Waals surface area contributed by atoms with Gasteiger partial charge in [0, 0.05) is 5.56 Å². The maximum atomic E-state index is 11.1. The molecule has 0 unspecified atom stereocenters. The third-order valence-electron chi connectivity index (χ3n) is 3.13. The second-order valence-corrected chi connectivity index (χ2v) is 4.44. The van der Waals surface area contributed by atoms with E-state index in [0.29, 0.717) is 5.76 Å². The number of carbonyl (C=O) groups excluding carboxylic acids is 1. The zero-order valence-electron chi connectivity index (χ0n) is 10.7. The van der Waals surface area contributed by atoms with E-state index in [0.717, 1.165) is 16.7 Å². The summed E-state index contributed by atoms with van der Waals surface area (Å²) in [4.78, 5) is 11.1. The first kappa shape index (κ1) is 12.2. The summed E-state index contributed by atoms with van der Waals surface area (Å²) in [6, 6.07) is 21.3. The van der Waals surface area contributed by atoms with Gasteiger partial charge in [0.1, 0.15) is 5.76 Å². The monoisotopic (exact) mass is 263 g/mol. The zero-order valence-corrected chi connectivity index (χ0v) is 10.7. The zero-order chi connectivity index (χ0) is 13.9. The first-order valence-electron chi connectivity index (χ1n) is 6.30. The van der Waals surface area contributed by atoms with Crippen LogP contribution in [0.2, 0.25) is 0 Å². The summed E-state index contributed by atoms with van der Waals surface area (Å²) < 4.78 is 5.52. The van der Waals surface area contributed by atoms with Crippen LogP contribution < -0.4 is 5.73 Å². The van der Waals surface area contributed by atoms with Crippen LogP contribution in [0.5, 0.6) is 0 Å². The van der Waals surface area contributed by atoms with Gasteiger partial charge in [-0.05, 0) is 23.3 Å². The van der Waals surface area contributed by atoms with Crippen LogP contribution in [-0.2, 0) is 0 Å². The first-order valence-corrected chi connectivity index (χ1v) is 6.30. The summed E-state index contributed by atoms with van der Waals surface area (Å²) in [5, 5.41) is 0. The molecule has 0 saturated heterocycles. The minimum atomic E-state index is -0.562. The van der Waals surface area contributed by atoms with Crippen molar-refractivity contribution in [3.63, 3.8) is 0 Å². The van der Waals surface area contributed by atoms with Crippen LogP contribution in [-0.4, -0.2) is 5.91 Å². The molecule has 0 bridgehead atoms. The van der Waals surface area contributed by atoms with E-state index >= 15 is 0 Å². The molecule has 98 valence electrons. The molecule has 3 nitrogen and oxygen atoms in total. The van der Waals surface area contributed by atoms with E-state index in [4.69, 9.17) is 10.2 Å². The molecular weight excluding hydrogens is 250 g/mol. The van der Waals surface area contributed by atoms with Crippen LogP contribution in [0.15, 0.2) is 71.1 Å². The highest BCUT2D eigenvalue weighted by molar-refractivity contribution is 5.91. The maximum Gasteiger partial charge on any atom is 0.284 e. The van der Waals surface area contributed by atoms with Crippen molar-refractivity contribution < 1.29 is 9.21 Å². The van der Waals surface area contributed by atoms with Crippen LogP contribution >= 0.6 is 0 Å². The van der Waals surface area contributed by atoms with Crippen molar-refractivity contribution in [2.75, 3.05) is 0 Å². The fourth-order valence-corrected chi connectivity index (χ4v) is 2.18. The Morgan fingerprint density at radius 2 is 1.45 bits per heavy atom. The molecule has 3 rings (SSSR count). The SMILES string of the molecule is NC(=O)c1ccc(-c2ccccc2-c2ccccc2)o1. The molecule has 0 aliphatic heterocycles. The summed E-state index contributed by atoms with van der Waals surface area (Å²) in [7, 11) is 0. The van der Waals surface area contributed by atoms with Crippen molar-refractivity contribution in [2.24, 2.45) is 5.73 Å². The highest BCUT2D eigenvalue weighted by Crippen LogP contribution is 2.32. The van der Waals surface area contributed by atoms with Crippen molar-refractivity contribution in [1.29, 1.82) is 0 Å². The third kappa shape index (κ3) is 2.21. The van der Waals surface area contributed by atoms with Gasteiger partial charge in [0.2, 0.25) is 0 Å². The van der Waals surface area contributed by atoms with Gasteiger partial charge >= 0.3 is 0 Å². The van der Waals surface area contributed by atoms with Gasteiger partial charge in [0.05, 0.1) is 0 Å². The molecule has 0 fully saturated rings. The van der Waals surface area contributed by atoms with Crippen molar-refractivity contribution in [2.45, 2.75) is 0 Å². The van der Waals surface area contributed by atoms with Gasteiger partial charge in [0.25, 0.3) is 5.91 Å². The lowest BCUT2D eigenvalue weighted by Crippen LogP contribution is -2.09. The number of carbonyl (C=O) groups is 1. The van der Waals surface area contributed by atoms with Gasteiger partial charge in [-0.2, -0.15) is 0 Å². The smallest absolute Gasteiger partial charge is 0.284 e. The van der Waals surface area contributed by atoms with Crippen LogP contribution in [0.3, 0.4) is 0 Å². The molecule has 1 amide bonds. The highest BCUT2D eigenvalue weighted by Gasteiger charge is 2.12. The van der Waals surface area contributed by atoms with Crippen molar-refractivity contribution >= 4 is 5.91 Å². The second-order valence-electron chi connectivity index (χ2n) is 4.44. The van der Waals surface area contributed by atoms with E-state index in [1.807, 2.05) is 54.6 Å². The Morgan fingerprint density at radius 1 is 0.800 bits per heavy atom. The average molecular weight is 263 g/mol. The Hall–Kier alpha value is -2.81. The first-order chi connectivity index (χ1) is 9.75. The molecule has 0 saturated carbocycles. The third-order valence-corrected chi connectivity index (χ3v) is 3.13. The number of hydrogen-bond donors (Lipinski definition) is 1. The van der Waals surface area contributed by atoms with Gasteiger partial charge in [-0.15, -0.1) is 0 Å². The minimum absolute atomic E-state index is 0.169. The van der Waals surface area contributed by atoms with E-state index < -0.39 is 5.91 Å². The van der Waals surface area contributed by atoms with Gasteiger partial charge in [-0.3, -0.25) is 4.79 Å². The summed E-state index contributed by atoms with van der Waals surface area (Å²) in [6.07, 6.45) is 0. The number of rotatable bonds is 3. The normalized spacial score (nSPS) is 10.4. The Balaban J connectivity index is 2.12. The number of hydrogen-bond acceptors (Lipinski definition) is 2. The van der Waals surface area contributed by atoms with Crippen LogP contribution in [0.25, 0.3) is 22.5 Å². The van der Waals surface area contributed by atoms with Gasteiger partial charge in [0.15, 0.2) is 5.76 Å². The predicted molar refractivity (Wildman–Crippen MR) is 78.1 cm³/mol. The summed E-state index contributed by atoms with van der Waals surface area (Å²) in [6.45, 7) is 0. The second kappa shape index (κ2) is 5.05. The predicted octanol–water partition coefficient (Wildman–Crippen LogP) is 3.71. The molecule has 3 aromatic rings. The molecule has 0 atom stereocenters. The van der Waals surface area contributed by atoms with E-state index in [-0.39, 0.29) is 5.76 Å². The Labute approximate surface area is 116 Å². The lowest BCUT2D eigenvalue weighted by Gasteiger charge is -2.07. The van der Waals surface area contributed by atoms with Gasteiger partial charge < -0.3 is 10.2 Å². The fraction of sp³-hybridized carbons (Fsp3) is 0. The van der Waals surface area contributed by atoms with Crippen LogP contribution in [0.1, 0.15) is 10.6 Å². The Bertz CT molecular complexity index is 744. The molecule has 3 heteroatoms. The summed E-state index contributed by atoms with van der Waals surface area (Å²) >= 11 is 0. The molecule has 0 spiro atoms. The number of furan rings is 1. The lowest BCUT2D eigenvalue weighted by molar-refractivity contribution is 0.0974. The van der Waals surface area contributed by atoms with E-state index in [2.05, 4.69) is 0 Å². The molecule has 20 heavy (non-hydrogen) atoms. The number of primary amides is 1. The Morgan fingerprint density at radius 3 is 2.10 bits per heavy atom. The van der Waals surface area contributed by atoms with Gasteiger partial charge in [-0.25, -0.2) is 0 Å². The highest BCUT2D eigenvalue weighted by atomic mass is 16.3. The molecule has 2 aromatic carbocycles. The lowest BCUT2D eigenvalue weighted by atomic mass is 9.98. The van der Waals surface area contributed by atoms with Gasteiger partial charge in [-0.1, -0.05) is 54.6 Å². The number of amides is 1. The van der Waals surface area contributed by atoms with Crippen LogP contribution in [0, 0.1) is 0 Å². The van der Waals surface area contributed by atoms with Crippen molar-refractivity contribution in [3.05, 3.63) is 72.5 Å². The fourth-order valence-electron chi connectivity index (χ4n) is 2.18. The average Bonchev–Trinajstić information content (AvgIpc) is 2.98. The van der Waals surface area contributed by atoms with Crippen molar-refractivity contribution in [1.82, 2.24) is 0 Å². The molecule has 0 aliphatic rings. The molecular formula is C17H13NO2. The largest absolute Gasteiger partial charge is 0.451 e. The standard InChI is InChI=1S/C17H13NO2/c18-17(19)16-11-10-15(20-16)14-9-5-4-8-13(14)12-6-2-1-3-7-12/h1-11H,(H2,18,19). The topological polar surface area (TPSA) is 56.2 Å². The van der Waals surface area contributed by atoms with E-state index in [1.54, 1.807) is 12.1 Å². The molecule has 1 aromatic heterocycles. The summed E-state index contributed by atoms with van der Waals surface area (Å²) in [5.74, 6) is 0.245. The number of nitrogens with two attached hydrogens (primary N) is 1. The summed E-state index contributed by atoms with van der Waals surface area (Å²) in [5.41, 5.74) is 8.31. The molecule has 2 N–H and O–H groups in total. The molecule has 1 heterocycles. The minimum Gasteiger partial charge on any atom is -0.451 e. The van der Waals surface area contributed by atoms with E-state index in [1.165, 1.54) is 0 Å². The molecule has 0 radical (unpaired) electrons. The van der Waals surface area contributed by atoms with Crippen molar-refractivity contribution in [3.8, 4) is 22.5 Å². The Kier molecular flexibility index (Phi) is 3.09. The van der Waals surface area contributed by atoms with E-state index in [9.17, 15) is 4.79 Å².